The maximum Gasteiger partial charge on any atom is 0.0944 e. The van der Waals surface area contributed by atoms with Gasteiger partial charge in [-0.25, -0.2) is 0 Å². The van der Waals surface area contributed by atoms with Gasteiger partial charge in [0.2, 0.25) is 0 Å². The van der Waals surface area contributed by atoms with Crippen LogP contribution in [0.5, 0.6) is 0 Å². The number of halogens is 2. The molecule has 0 spiro atoms. The third kappa shape index (κ3) is 15.2. The lowest BCUT2D eigenvalue weighted by molar-refractivity contribution is 0.403. The third-order valence-corrected chi connectivity index (χ3v) is 1.73. The number of nitrogens with zero attached hydrogens (tertiary/aromatic N) is 1. The summed E-state index contributed by atoms with van der Waals surface area (Å²) in [4.78, 5) is 2.13. The molecule has 5 heteroatoms. The van der Waals surface area contributed by atoms with E-state index in [0.717, 1.165) is 26.1 Å². The van der Waals surface area contributed by atoms with E-state index in [1.165, 1.54) is 0 Å². The number of nitrogens with two attached hydrogens (primary N) is 1. The molecule has 2 N–H and O–H groups in total. The van der Waals surface area contributed by atoms with Crippen LogP contribution in [-0.2, 0) is 4.74 Å². The first-order valence-electron chi connectivity index (χ1n) is 4.23. The molecule has 0 radical (unpaired) electrons. The molecule has 1 fully saturated rings. The molecule has 13 heavy (non-hydrogen) atoms. The second-order valence-corrected chi connectivity index (χ2v) is 3.36. The zero-order valence-electron chi connectivity index (χ0n) is 8.33. The maximum atomic E-state index is 5.27. The molecule has 1 rings (SSSR count). The lowest BCUT2D eigenvalue weighted by atomic mass is 10.4. The Kier molecular flexibility index (Phi) is 12.9. The van der Waals surface area contributed by atoms with Crippen LogP contribution in [0.3, 0.4) is 0 Å². The van der Waals surface area contributed by atoms with Crippen molar-refractivity contribution in [2.45, 2.75) is 12.5 Å². The highest BCUT2D eigenvalue weighted by Crippen LogP contribution is 2.08. The maximum absolute atomic E-state index is 5.27. The summed E-state index contributed by atoms with van der Waals surface area (Å²) in [6.07, 6.45) is 1.50. The van der Waals surface area contributed by atoms with Crippen molar-refractivity contribution in [1.82, 2.24) is 4.90 Å². The molecule has 1 heterocycles. The van der Waals surface area contributed by atoms with E-state index >= 15 is 0 Å². The van der Waals surface area contributed by atoms with Crippen LogP contribution in [0.25, 0.3) is 0 Å². The normalized spacial score (nSPS) is 18.7. The molecule has 1 aliphatic rings. The van der Waals surface area contributed by atoms with Crippen LogP contribution in [0.15, 0.2) is 0 Å². The molecular formula is C8H20Cl2N2O. The van der Waals surface area contributed by atoms with Gasteiger partial charge in [-0.05, 0) is 33.6 Å². The predicted molar refractivity (Wildman–Crippen MR) is 59.9 cm³/mol. The minimum absolute atomic E-state index is 0. The Hall–Kier alpha value is 0.460. The lowest BCUT2D eigenvalue weighted by Gasteiger charge is -2.05. The zero-order chi connectivity index (χ0) is 9.40. The second kappa shape index (κ2) is 10.5. The van der Waals surface area contributed by atoms with E-state index in [9.17, 15) is 0 Å². The average molecular weight is 231 g/mol. The Bertz CT molecular complexity index is 100. The van der Waals surface area contributed by atoms with Crippen molar-refractivity contribution in [3.8, 4) is 0 Å². The van der Waals surface area contributed by atoms with Crippen LogP contribution < -0.4 is 5.73 Å². The summed E-state index contributed by atoms with van der Waals surface area (Å²) in [6, 6.07) is 0. The molecule has 0 saturated carbocycles. The predicted octanol–water partition coefficient (Wildman–Crippen LogP) is 0.943. The Balaban J connectivity index is 0. The topological polar surface area (TPSA) is 41.8 Å². The van der Waals surface area contributed by atoms with E-state index in [2.05, 4.69) is 19.0 Å². The third-order valence-electron chi connectivity index (χ3n) is 1.38. The fraction of sp³-hybridized carbons (Fsp3) is 1.00. The number of hydrogen-bond donors (Lipinski definition) is 1. The van der Waals surface area contributed by atoms with E-state index in [1.807, 2.05) is 0 Å². The summed E-state index contributed by atoms with van der Waals surface area (Å²) in [7, 11) is 4.10. The fourth-order valence-corrected chi connectivity index (χ4v) is 0.743. The van der Waals surface area contributed by atoms with Gasteiger partial charge in [0.1, 0.15) is 0 Å². The minimum atomic E-state index is 0. The first kappa shape index (κ1) is 15.9. The van der Waals surface area contributed by atoms with Crippen molar-refractivity contribution in [1.29, 1.82) is 0 Å². The van der Waals surface area contributed by atoms with Gasteiger partial charge in [-0.1, -0.05) is 0 Å². The SMILES string of the molecule is CN(C)CCCN.Cl.ClCC1CO1. The van der Waals surface area contributed by atoms with Crippen molar-refractivity contribution in [3.05, 3.63) is 0 Å². The average Bonchev–Trinajstić information content (AvgIpc) is 2.84. The highest BCUT2D eigenvalue weighted by Gasteiger charge is 2.19. The molecule has 0 aromatic rings. The van der Waals surface area contributed by atoms with Crippen LogP contribution in [0.1, 0.15) is 6.42 Å². The van der Waals surface area contributed by atoms with Gasteiger partial charge in [0.05, 0.1) is 18.6 Å². The van der Waals surface area contributed by atoms with Gasteiger partial charge in [-0.15, -0.1) is 24.0 Å². The summed E-state index contributed by atoms with van der Waals surface area (Å²) in [6.45, 7) is 2.79. The van der Waals surface area contributed by atoms with Crippen LogP contribution in [0.2, 0.25) is 0 Å². The highest BCUT2D eigenvalue weighted by molar-refractivity contribution is 6.18. The molecule has 0 bridgehead atoms. The van der Waals surface area contributed by atoms with E-state index in [4.69, 9.17) is 22.1 Å². The summed E-state index contributed by atoms with van der Waals surface area (Å²) < 4.78 is 4.73. The number of hydrogen-bond acceptors (Lipinski definition) is 3. The summed E-state index contributed by atoms with van der Waals surface area (Å²) in [5, 5.41) is 0. The van der Waals surface area contributed by atoms with E-state index in [1.54, 1.807) is 0 Å². The number of ether oxygens (including phenoxy) is 1. The van der Waals surface area contributed by atoms with Crippen LogP contribution in [0, 0.1) is 0 Å². The van der Waals surface area contributed by atoms with Gasteiger partial charge < -0.3 is 15.4 Å². The number of rotatable bonds is 4. The van der Waals surface area contributed by atoms with Crippen molar-refractivity contribution < 1.29 is 4.74 Å². The van der Waals surface area contributed by atoms with Gasteiger partial charge in [0.25, 0.3) is 0 Å². The van der Waals surface area contributed by atoms with Crippen molar-refractivity contribution in [2.75, 3.05) is 39.7 Å². The molecule has 0 aromatic heterocycles. The van der Waals surface area contributed by atoms with Crippen molar-refractivity contribution >= 4 is 24.0 Å². The molecule has 1 aliphatic heterocycles. The first-order valence-corrected chi connectivity index (χ1v) is 4.76. The molecule has 0 aromatic carbocycles. The van der Waals surface area contributed by atoms with Gasteiger partial charge >= 0.3 is 0 Å². The number of alkyl halides is 1. The first-order chi connectivity index (χ1) is 5.70. The number of epoxide rings is 1. The molecule has 0 aliphatic carbocycles. The highest BCUT2D eigenvalue weighted by atomic mass is 35.5. The second-order valence-electron chi connectivity index (χ2n) is 3.06. The largest absolute Gasteiger partial charge is 0.372 e. The summed E-state index contributed by atoms with van der Waals surface area (Å²) >= 11 is 5.27. The van der Waals surface area contributed by atoms with Crippen molar-refractivity contribution in [3.63, 3.8) is 0 Å². The summed E-state index contributed by atoms with van der Waals surface area (Å²) in [5.74, 6) is 0.667. The molecular weight excluding hydrogens is 211 g/mol. The van der Waals surface area contributed by atoms with Gasteiger partial charge in [-0.3, -0.25) is 0 Å². The van der Waals surface area contributed by atoms with Crippen molar-refractivity contribution in [2.24, 2.45) is 5.73 Å². The Labute approximate surface area is 92.0 Å². The Morgan fingerprint density at radius 2 is 2.08 bits per heavy atom. The standard InChI is InChI=1S/C5H14N2.C3H5ClO.ClH/c1-7(2)5-3-4-6;4-1-3-2-5-3;/h3-6H2,1-2H3;3H,1-2H2;1H. The molecule has 1 saturated heterocycles. The fourth-order valence-electron chi connectivity index (χ4n) is 0.565. The molecule has 3 nitrogen and oxygen atoms in total. The molecule has 1 unspecified atom stereocenters. The monoisotopic (exact) mass is 230 g/mol. The Morgan fingerprint density at radius 1 is 1.54 bits per heavy atom. The van der Waals surface area contributed by atoms with Gasteiger partial charge in [-0.2, -0.15) is 0 Å². The van der Waals surface area contributed by atoms with Crippen LogP contribution in [0.4, 0.5) is 0 Å². The minimum Gasteiger partial charge on any atom is -0.372 e. The van der Waals surface area contributed by atoms with Gasteiger partial charge in [0, 0.05) is 0 Å². The van der Waals surface area contributed by atoms with Gasteiger partial charge in [0.15, 0.2) is 0 Å². The Morgan fingerprint density at radius 3 is 2.15 bits per heavy atom. The molecule has 82 valence electrons. The van der Waals surface area contributed by atoms with E-state index < -0.39 is 0 Å². The van der Waals surface area contributed by atoms with Crippen LogP contribution in [-0.4, -0.2) is 50.7 Å². The lowest BCUT2D eigenvalue weighted by Crippen LogP contribution is -2.16. The zero-order valence-corrected chi connectivity index (χ0v) is 9.90. The smallest absolute Gasteiger partial charge is 0.0944 e. The molecule has 0 amide bonds. The van der Waals surface area contributed by atoms with Crippen LogP contribution >= 0.6 is 24.0 Å². The quantitative estimate of drug-likeness (QED) is 0.578. The van der Waals surface area contributed by atoms with E-state index in [0.29, 0.717) is 12.0 Å². The van der Waals surface area contributed by atoms with E-state index in [-0.39, 0.29) is 12.4 Å². The molecule has 1 atom stereocenters. The summed E-state index contributed by atoms with van der Waals surface area (Å²) in [5.41, 5.74) is 5.25.